The zero-order valence-corrected chi connectivity index (χ0v) is 14.1. The first kappa shape index (κ1) is 16.7. The van der Waals surface area contributed by atoms with Gasteiger partial charge in [0.15, 0.2) is 5.17 Å². The lowest BCUT2D eigenvalue weighted by Crippen LogP contribution is -2.30. The highest BCUT2D eigenvalue weighted by Crippen LogP contribution is 2.38. The minimum absolute atomic E-state index is 0.0392. The normalized spacial score (nSPS) is 22.9. The van der Waals surface area contributed by atoms with Gasteiger partial charge in [0.25, 0.3) is 0 Å². The van der Waals surface area contributed by atoms with Gasteiger partial charge in [-0.3, -0.25) is 4.99 Å². The molecule has 116 valence electrons. The van der Waals surface area contributed by atoms with Gasteiger partial charge in [-0.15, -0.1) is 0 Å². The van der Waals surface area contributed by atoms with Gasteiger partial charge < -0.3 is 5.32 Å². The van der Waals surface area contributed by atoms with Crippen LogP contribution in [0.4, 0.5) is 18.9 Å². The van der Waals surface area contributed by atoms with Crippen molar-refractivity contribution in [1.82, 2.24) is 0 Å². The van der Waals surface area contributed by atoms with Crippen LogP contribution in [0.25, 0.3) is 0 Å². The van der Waals surface area contributed by atoms with Crippen LogP contribution in [-0.2, 0) is 6.18 Å². The second-order valence-corrected chi connectivity index (χ2v) is 7.18. The van der Waals surface area contributed by atoms with Crippen molar-refractivity contribution in [1.29, 1.82) is 0 Å². The lowest BCUT2D eigenvalue weighted by molar-refractivity contribution is -0.136. The number of rotatable bonds is 2. The Morgan fingerprint density at radius 2 is 2.14 bits per heavy atom. The smallest absolute Gasteiger partial charge is 0.334 e. The molecule has 0 amide bonds. The van der Waals surface area contributed by atoms with Crippen LogP contribution in [-0.4, -0.2) is 16.5 Å². The second kappa shape index (κ2) is 6.20. The summed E-state index contributed by atoms with van der Waals surface area (Å²) in [7, 11) is 0. The third-order valence-corrected chi connectivity index (χ3v) is 4.91. The molecule has 1 unspecified atom stereocenters. The number of thioether (sulfide) groups is 1. The van der Waals surface area contributed by atoms with Gasteiger partial charge in [0.1, 0.15) is 0 Å². The van der Waals surface area contributed by atoms with E-state index in [-0.39, 0.29) is 11.2 Å². The lowest BCUT2D eigenvalue weighted by atomic mass is 9.97. The predicted octanol–water partition coefficient (Wildman–Crippen LogP) is 5.54. The van der Waals surface area contributed by atoms with Gasteiger partial charge >= 0.3 is 6.18 Å². The van der Waals surface area contributed by atoms with Crippen molar-refractivity contribution in [2.75, 3.05) is 11.1 Å². The Kier molecular flexibility index (Phi) is 4.92. The first-order chi connectivity index (χ1) is 9.73. The first-order valence-electron chi connectivity index (χ1n) is 6.60. The number of hydrogen-bond donors (Lipinski definition) is 1. The highest BCUT2D eigenvalue weighted by molar-refractivity contribution is 9.10. The summed E-state index contributed by atoms with van der Waals surface area (Å²) in [4.78, 5) is 4.56. The molecule has 0 aliphatic carbocycles. The van der Waals surface area contributed by atoms with E-state index < -0.39 is 11.7 Å². The molecule has 1 atom stereocenters. The predicted molar refractivity (Wildman–Crippen MR) is 86.0 cm³/mol. The SMILES string of the molecule is CCC1(C)CCSC(Nc2ccc(Br)cc2C(F)(F)F)=N1. The first-order valence-corrected chi connectivity index (χ1v) is 8.38. The van der Waals surface area contributed by atoms with E-state index >= 15 is 0 Å². The molecule has 1 aliphatic rings. The minimum Gasteiger partial charge on any atom is -0.334 e. The monoisotopic (exact) mass is 380 g/mol. The molecule has 0 aromatic heterocycles. The third kappa shape index (κ3) is 4.16. The zero-order chi connectivity index (χ0) is 15.7. The standard InChI is InChI=1S/C14H16BrF3N2S/c1-3-13(2)6-7-21-12(20-13)19-11-5-4-9(15)8-10(11)14(16,17)18/h4-5,8H,3,6-7H2,1-2H3,(H,19,20). The van der Waals surface area contributed by atoms with Gasteiger partial charge in [0.2, 0.25) is 0 Å². The number of aliphatic imine (C=N–C) groups is 1. The van der Waals surface area contributed by atoms with E-state index in [0.717, 1.165) is 24.7 Å². The molecule has 0 fully saturated rings. The molecule has 1 aromatic carbocycles. The van der Waals surface area contributed by atoms with Crippen LogP contribution in [0.5, 0.6) is 0 Å². The van der Waals surface area contributed by atoms with Crippen molar-refractivity contribution in [3.8, 4) is 0 Å². The zero-order valence-electron chi connectivity index (χ0n) is 11.7. The molecule has 0 bridgehead atoms. The number of anilines is 1. The Bertz CT molecular complexity index is 560. The fraction of sp³-hybridized carbons (Fsp3) is 0.500. The summed E-state index contributed by atoms with van der Waals surface area (Å²) < 4.78 is 39.7. The third-order valence-electron chi connectivity index (χ3n) is 3.54. The highest BCUT2D eigenvalue weighted by Gasteiger charge is 2.34. The van der Waals surface area contributed by atoms with Gasteiger partial charge in [-0.05, 0) is 38.0 Å². The van der Waals surface area contributed by atoms with Crippen molar-refractivity contribution in [2.24, 2.45) is 4.99 Å². The highest BCUT2D eigenvalue weighted by atomic mass is 79.9. The minimum atomic E-state index is -4.40. The molecule has 0 saturated carbocycles. The average molecular weight is 381 g/mol. The fourth-order valence-electron chi connectivity index (χ4n) is 2.00. The molecule has 0 saturated heterocycles. The number of benzene rings is 1. The molecular formula is C14H16BrF3N2S. The molecule has 2 nitrogen and oxygen atoms in total. The number of hydrogen-bond acceptors (Lipinski definition) is 3. The van der Waals surface area contributed by atoms with Crippen LogP contribution in [0.2, 0.25) is 0 Å². The van der Waals surface area contributed by atoms with Crippen LogP contribution >= 0.6 is 27.7 Å². The summed E-state index contributed by atoms with van der Waals surface area (Å²) in [5, 5.41) is 3.40. The summed E-state index contributed by atoms with van der Waals surface area (Å²) in [5.74, 6) is 0.855. The van der Waals surface area contributed by atoms with Gasteiger partial charge in [-0.1, -0.05) is 34.6 Å². The molecule has 2 rings (SSSR count). The second-order valence-electron chi connectivity index (χ2n) is 5.18. The van der Waals surface area contributed by atoms with Gasteiger partial charge in [-0.25, -0.2) is 0 Å². The molecule has 7 heteroatoms. The van der Waals surface area contributed by atoms with Crippen LogP contribution in [0.3, 0.4) is 0 Å². The Labute approximate surface area is 134 Å². The van der Waals surface area contributed by atoms with E-state index in [1.165, 1.54) is 17.8 Å². The van der Waals surface area contributed by atoms with Crippen molar-refractivity contribution >= 4 is 38.5 Å². The number of alkyl halides is 3. The average Bonchev–Trinajstić information content (AvgIpc) is 2.40. The molecule has 1 aromatic rings. The van der Waals surface area contributed by atoms with Gasteiger partial charge in [-0.2, -0.15) is 13.2 Å². The number of amidine groups is 1. The Hall–Kier alpha value is -0.690. The maximum absolute atomic E-state index is 13.1. The van der Waals surface area contributed by atoms with Gasteiger partial charge in [0, 0.05) is 10.2 Å². The van der Waals surface area contributed by atoms with Crippen LogP contribution in [0, 0.1) is 0 Å². The van der Waals surface area contributed by atoms with Crippen molar-refractivity contribution < 1.29 is 13.2 Å². The summed E-state index contributed by atoms with van der Waals surface area (Å²) >= 11 is 4.54. The van der Waals surface area contributed by atoms with Crippen LogP contribution < -0.4 is 5.32 Å². The van der Waals surface area contributed by atoms with E-state index in [0.29, 0.717) is 9.64 Å². The summed E-state index contributed by atoms with van der Waals surface area (Å²) in [5.41, 5.74) is -0.845. The summed E-state index contributed by atoms with van der Waals surface area (Å²) in [6, 6.07) is 4.09. The fourth-order valence-corrected chi connectivity index (χ4v) is 3.56. The summed E-state index contributed by atoms with van der Waals surface area (Å²) in [6.07, 6.45) is -2.60. The topological polar surface area (TPSA) is 24.4 Å². The van der Waals surface area contributed by atoms with E-state index in [1.807, 2.05) is 13.8 Å². The maximum atomic E-state index is 13.1. The Morgan fingerprint density at radius 1 is 1.43 bits per heavy atom. The lowest BCUT2D eigenvalue weighted by Gasteiger charge is -2.29. The number of halogens is 4. The van der Waals surface area contributed by atoms with E-state index in [2.05, 4.69) is 26.2 Å². The quantitative estimate of drug-likeness (QED) is 0.727. The van der Waals surface area contributed by atoms with Crippen molar-refractivity contribution in [2.45, 2.75) is 38.4 Å². The molecule has 1 N–H and O–H groups in total. The van der Waals surface area contributed by atoms with Crippen molar-refractivity contribution in [3.05, 3.63) is 28.2 Å². The van der Waals surface area contributed by atoms with E-state index in [1.54, 1.807) is 6.07 Å². The number of nitrogens with one attached hydrogen (secondary N) is 1. The molecule has 21 heavy (non-hydrogen) atoms. The van der Waals surface area contributed by atoms with E-state index in [4.69, 9.17) is 0 Å². The number of nitrogens with zero attached hydrogens (tertiary/aromatic N) is 1. The Balaban J connectivity index is 2.32. The molecule has 0 radical (unpaired) electrons. The van der Waals surface area contributed by atoms with Gasteiger partial charge in [0.05, 0.1) is 16.8 Å². The van der Waals surface area contributed by atoms with Crippen LogP contribution in [0.15, 0.2) is 27.7 Å². The van der Waals surface area contributed by atoms with E-state index in [9.17, 15) is 13.2 Å². The Morgan fingerprint density at radius 3 is 2.76 bits per heavy atom. The largest absolute Gasteiger partial charge is 0.418 e. The molecular weight excluding hydrogens is 365 g/mol. The molecule has 1 aliphatic heterocycles. The molecule has 0 spiro atoms. The molecule has 1 heterocycles. The van der Waals surface area contributed by atoms with Crippen molar-refractivity contribution in [3.63, 3.8) is 0 Å². The summed E-state index contributed by atoms with van der Waals surface area (Å²) in [6.45, 7) is 4.07. The van der Waals surface area contributed by atoms with Crippen LogP contribution in [0.1, 0.15) is 32.3 Å². The maximum Gasteiger partial charge on any atom is 0.418 e.